The normalized spacial score (nSPS) is 15.7. The van der Waals surface area contributed by atoms with Gasteiger partial charge in [0.25, 0.3) is 0 Å². The van der Waals surface area contributed by atoms with Gasteiger partial charge in [0.15, 0.2) is 11.5 Å². The van der Waals surface area contributed by atoms with Crippen molar-refractivity contribution in [1.29, 1.82) is 0 Å². The van der Waals surface area contributed by atoms with Crippen LogP contribution < -0.4 is 25.0 Å². The van der Waals surface area contributed by atoms with E-state index in [9.17, 15) is 4.79 Å². The predicted molar refractivity (Wildman–Crippen MR) is 123 cm³/mol. The van der Waals surface area contributed by atoms with E-state index in [2.05, 4.69) is 39.3 Å². The molecule has 1 unspecified atom stereocenters. The number of ether oxygens (including phenoxy) is 2. The van der Waals surface area contributed by atoms with Gasteiger partial charge in [0.2, 0.25) is 0 Å². The topological polar surface area (TPSA) is 79.0 Å². The maximum absolute atomic E-state index is 12.5. The van der Waals surface area contributed by atoms with E-state index in [1.165, 1.54) is 0 Å². The molecule has 1 saturated heterocycles. The Bertz CT molecular complexity index is 829. The van der Waals surface area contributed by atoms with Crippen LogP contribution in [0, 0.1) is 0 Å². The lowest BCUT2D eigenvalue weighted by Gasteiger charge is -2.19. The van der Waals surface area contributed by atoms with Crippen molar-refractivity contribution in [2.45, 2.75) is 26.3 Å². The van der Waals surface area contributed by atoms with Gasteiger partial charge in [-0.15, -0.1) is 0 Å². The first-order valence-electron chi connectivity index (χ1n) is 10.9. The highest BCUT2D eigenvalue weighted by molar-refractivity contribution is 5.90. The van der Waals surface area contributed by atoms with E-state index in [0.29, 0.717) is 23.8 Å². The fraction of sp³-hybridized carbons (Fsp3) is 0.478. The van der Waals surface area contributed by atoms with E-state index in [0.717, 1.165) is 45.0 Å². The number of hydrogen-bond acceptors (Lipinski definition) is 6. The molecule has 2 heterocycles. The van der Waals surface area contributed by atoms with Crippen LogP contribution in [0.15, 0.2) is 42.6 Å². The van der Waals surface area contributed by atoms with Crippen molar-refractivity contribution in [2.24, 2.45) is 0 Å². The van der Waals surface area contributed by atoms with Gasteiger partial charge in [-0.25, -0.2) is 9.78 Å². The fourth-order valence-corrected chi connectivity index (χ4v) is 3.67. The summed E-state index contributed by atoms with van der Waals surface area (Å²) >= 11 is 0. The SMILES string of the molecule is CCN(CC)CCOc1cc(NC(=O)NC2CCN(c3ccccn3)C2)ccc1OC. The van der Waals surface area contributed by atoms with E-state index >= 15 is 0 Å². The van der Waals surface area contributed by atoms with Gasteiger partial charge in [0, 0.05) is 43.6 Å². The van der Waals surface area contributed by atoms with Crippen LogP contribution in [0.25, 0.3) is 0 Å². The number of anilines is 2. The lowest BCUT2D eigenvalue weighted by molar-refractivity contribution is 0.217. The summed E-state index contributed by atoms with van der Waals surface area (Å²) in [6, 6.07) is 11.1. The van der Waals surface area contributed by atoms with Crippen molar-refractivity contribution >= 4 is 17.5 Å². The molecular weight excluding hydrogens is 394 g/mol. The molecule has 3 rings (SSSR count). The smallest absolute Gasteiger partial charge is 0.319 e. The number of urea groups is 1. The van der Waals surface area contributed by atoms with Crippen LogP contribution in [0.5, 0.6) is 11.5 Å². The lowest BCUT2D eigenvalue weighted by atomic mass is 10.2. The molecule has 2 amide bonds. The summed E-state index contributed by atoms with van der Waals surface area (Å²) in [5.41, 5.74) is 0.663. The molecule has 0 spiro atoms. The second-order valence-electron chi connectivity index (χ2n) is 7.46. The van der Waals surface area contributed by atoms with Gasteiger partial charge in [-0.05, 0) is 43.8 Å². The van der Waals surface area contributed by atoms with Crippen molar-refractivity contribution in [3.8, 4) is 11.5 Å². The van der Waals surface area contributed by atoms with Crippen LogP contribution in [0.3, 0.4) is 0 Å². The number of amides is 2. The second-order valence-corrected chi connectivity index (χ2v) is 7.46. The highest BCUT2D eigenvalue weighted by Crippen LogP contribution is 2.30. The Kier molecular flexibility index (Phi) is 8.35. The van der Waals surface area contributed by atoms with Crippen molar-refractivity contribution in [3.05, 3.63) is 42.6 Å². The molecular formula is C23H33N5O3. The number of nitrogens with zero attached hydrogens (tertiary/aromatic N) is 3. The summed E-state index contributed by atoms with van der Waals surface area (Å²) in [6.07, 6.45) is 2.67. The van der Waals surface area contributed by atoms with Crippen LogP contribution in [-0.4, -0.2) is 68.4 Å². The van der Waals surface area contributed by atoms with Gasteiger partial charge in [-0.3, -0.25) is 0 Å². The lowest BCUT2D eigenvalue weighted by Crippen LogP contribution is -2.39. The first-order valence-corrected chi connectivity index (χ1v) is 10.9. The van der Waals surface area contributed by atoms with Crippen molar-refractivity contribution in [3.63, 3.8) is 0 Å². The monoisotopic (exact) mass is 427 g/mol. The number of benzene rings is 1. The Morgan fingerprint density at radius 1 is 1.23 bits per heavy atom. The third-order valence-electron chi connectivity index (χ3n) is 5.48. The number of methoxy groups -OCH3 is 1. The fourth-order valence-electron chi connectivity index (χ4n) is 3.67. The minimum Gasteiger partial charge on any atom is -0.493 e. The zero-order chi connectivity index (χ0) is 22.1. The molecule has 0 saturated carbocycles. The van der Waals surface area contributed by atoms with Crippen LogP contribution in [0.2, 0.25) is 0 Å². The average molecular weight is 428 g/mol. The molecule has 8 nitrogen and oxygen atoms in total. The molecule has 1 aliphatic heterocycles. The van der Waals surface area contributed by atoms with E-state index in [-0.39, 0.29) is 12.1 Å². The van der Waals surface area contributed by atoms with Gasteiger partial charge < -0.3 is 29.9 Å². The molecule has 1 atom stereocenters. The molecule has 1 aromatic carbocycles. The number of hydrogen-bond donors (Lipinski definition) is 2. The highest BCUT2D eigenvalue weighted by Gasteiger charge is 2.24. The maximum atomic E-state index is 12.5. The third kappa shape index (κ3) is 6.49. The van der Waals surface area contributed by atoms with Crippen LogP contribution in [-0.2, 0) is 0 Å². The van der Waals surface area contributed by atoms with Gasteiger partial charge in [0.1, 0.15) is 12.4 Å². The van der Waals surface area contributed by atoms with Crippen LogP contribution in [0.1, 0.15) is 20.3 Å². The molecule has 2 aromatic rings. The molecule has 1 fully saturated rings. The summed E-state index contributed by atoms with van der Waals surface area (Å²) < 4.78 is 11.3. The number of aromatic nitrogens is 1. The predicted octanol–water partition coefficient (Wildman–Crippen LogP) is 3.21. The van der Waals surface area contributed by atoms with Crippen molar-refractivity contribution in [1.82, 2.24) is 15.2 Å². The van der Waals surface area contributed by atoms with Crippen LogP contribution >= 0.6 is 0 Å². The van der Waals surface area contributed by atoms with Crippen LogP contribution in [0.4, 0.5) is 16.3 Å². The van der Waals surface area contributed by atoms with E-state index < -0.39 is 0 Å². The first-order chi connectivity index (χ1) is 15.1. The zero-order valence-electron chi connectivity index (χ0n) is 18.6. The molecule has 0 aliphatic carbocycles. The number of pyridine rings is 1. The quantitative estimate of drug-likeness (QED) is 0.606. The molecule has 0 bridgehead atoms. The summed E-state index contributed by atoms with van der Waals surface area (Å²) in [5.74, 6) is 2.20. The van der Waals surface area contributed by atoms with E-state index in [1.807, 2.05) is 24.3 Å². The van der Waals surface area contributed by atoms with Gasteiger partial charge in [0.05, 0.1) is 7.11 Å². The second kappa shape index (κ2) is 11.4. The van der Waals surface area contributed by atoms with E-state index in [4.69, 9.17) is 9.47 Å². The summed E-state index contributed by atoms with van der Waals surface area (Å²) in [7, 11) is 1.61. The highest BCUT2D eigenvalue weighted by atomic mass is 16.5. The molecule has 1 aliphatic rings. The average Bonchev–Trinajstić information content (AvgIpc) is 3.26. The molecule has 168 valence electrons. The van der Waals surface area contributed by atoms with Crippen molar-refractivity contribution < 1.29 is 14.3 Å². The zero-order valence-corrected chi connectivity index (χ0v) is 18.6. The van der Waals surface area contributed by atoms with E-state index in [1.54, 1.807) is 25.4 Å². The number of carbonyl (C=O) groups excluding carboxylic acids is 1. The molecule has 0 radical (unpaired) electrons. The Balaban J connectivity index is 1.52. The Labute approximate surface area is 184 Å². The standard InChI is InChI=1S/C23H33N5O3/c1-4-27(5-2)14-15-31-21-16-18(9-10-20(21)30-3)25-23(29)26-19-11-13-28(17-19)22-8-6-7-12-24-22/h6-10,12,16,19H,4-5,11,13-15,17H2,1-3H3,(H2,25,26,29). The third-order valence-corrected chi connectivity index (χ3v) is 5.48. The number of nitrogens with one attached hydrogen (secondary N) is 2. The molecule has 8 heteroatoms. The summed E-state index contributed by atoms with van der Waals surface area (Å²) in [4.78, 5) is 21.4. The summed E-state index contributed by atoms with van der Waals surface area (Å²) in [5, 5.41) is 5.96. The first kappa shape index (κ1) is 22.7. The van der Waals surface area contributed by atoms with Gasteiger partial charge >= 0.3 is 6.03 Å². The minimum atomic E-state index is -0.230. The van der Waals surface area contributed by atoms with Gasteiger partial charge in [-0.2, -0.15) is 0 Å². The number of likely N-dealkylation sites (N-methyl/N-ethyl adjacent to an activating group) is 1. The molecule has 31 heavy (non-hydrogen) atoms. The Morgan fingerprint density at radius 3 is 2.77 bits per heavy atom. The number of carbonyl (C=O) groups is 1. The summed E-state index contributed by atoms with van der Waals surface area (Å²) in [6.45, 7) is 9.24. The van der Waals surface area contributed by atoms with Crippen molar-refractivity contribution in [2.75, 3.05) is 56.7 Å². The molecule has 1 aromatic heterocycles. The Morgan fingerprint density at radius 2 is 2.06 bits per heavy atom. The van der Waals surface area contributed by atoms with Gasteiger partial charge in [-0.1, -0.05) is 19.9 Å². The minimum absolute atomic E-state index is 0.0741. The number of rotatable bonds is 10. The Hall–Kier alpha value is -3.00. The largest absolute Gasteiger partial charge is 0.493 e. The molecule has 2 N–H and O–H groups in total. The maximum Gasteiger partial charge on any atom is 0.319 e.